The lowest BCUT2D eigenvalue weighted by molar-refractivity contribution is -0.645. The number of pyridine rings is 1. The number of thiophene rings is 1. The second-order valence-corrected chi connectivity index (χ2v) is 8.58. The van der Waals surface area contributed by atoms with Gasteiger partial charge in [-0.25, -0.2) is 4.79 Å². The molecule has 0 radical (unpaired) electrons. The maximum Gasteiger partial charge on any atom is 0.341 e. The third-order valence-electron chi connectivity index (χ3n) is 4.38. The lowest BCUT2D eigenvalue weighted by Gasteiger charge is -2.18. The summed E-state index contributed by atoms with van der Waals surface area (Å²) < 4.78 is 5.94. The van der Waals surface area contributed by atoms with Crippen LogP contribution in [0.5, 0.6) is 0 Å². The summed E-state index contributed by atoms with van der Waals surface area (Å²) >= 11 is 2.63. The highest BCUT2D eigenvalue weighted by molar-refractivity contribution is 7.99. The summed E-state index contributed by atoms with van der Waals surface area (Å²) in [5, 5.41) is 15.5. The van der Waals surface area contributed by atoms with Crippen molar-refractivity contribution in [2.45, 2.75) is 38.1 Å². The second-order valence-electron chi connectivity index (χ2n) is 6.48. The third kappa shape index (κ3) is 4.62. The molecule has 3 rings (SSSR count). The summed E-state index contributed by atoms with van der Waals surface area (Å²) in [5.41, 5.74) is 1.51. The van der Waals surface area contributed by atoms with Gasteiger partial charge >= 0.3 is 5.97 Å². The number of amides is 1. The number of carbonyl (C=O) groups is 2. The second kappa shape index (κ2) is 8.75. The SMILES string of the molecule is CCOC(=O)c1c(NC(=O)CSc2cccc[n+]2[O-])sc2c1CCC(C)C2. The van der Waals surface area contributed by atoms with Gasteiger partial charge in [0.25, 0.3) is 5.03 Å². The molecule has 0 saturated heterocycles. The Kier molecular flexibility index (Phi) is 6.38. The lowest BCUT2D eigenvalue weighted by Crippen LogP contribution is -2.28. The number of aromatic nitrogens is 1. The number of nitrogens with zero attached hydrogens (tertiary/aromatic N) is 1. The highest BCUT2D eigenvalue weighted by atomic mass is 32.2. The number of fused-ring (bicyclic) bond motifs is 1. The Balaban J connectivity index is 1.76. The smallest absolute Gasteiger partial charge is 0.341 e. The quantitative estimate of drug-likeness (QED) is 0.344. The predicted molar refractivity (Wildman–Crippen MR) is 106 cm³/mol. The summed E-state index contributed by atoms with van der Waals surface area (Å²) in [6.45, 7) is 4.26. The number of rotatable bonds is 6. The number of thioether (sulfide) groups is 1. The molecule has 8 heteroatoms. The van der Waals surface area contributed by atoms with E-state index < -0.39 is 0 Å². The third-order valence-corrected chi connectivity index (χ3v) is 6.57. The van der Waals surface area contributed by atoms with E-state index in [-0.39, 0.29) is 17.6 Å². The molecular weight excluding hydrogens is 384 g/mol. The van der Waals surface area contributed by atoms with Crippen molar-refractivity contribution in [3.63, 3.8) is 0 Å². The van der Waals surface area contributed by atoms with E-state index in [0.717, 1.165) is 46.2 Å². The van der Waals surface area contributed by atoms with Gasteiger partial charge in [0.1, 0.15) is 5.00 Å². The summed E-state index contributed by atoms with van der Waals surface area (Å²) in [7, 11) is 0. The van der Waals surface area contributed by atoms with E-state index in [1.54, 1.807) is 25.1 Å². The molecule has 0 fully saturated rings. The molecule has 1 N–H and O–H groups in total. The fraction of sp³-hybridized carbons (Fsp3) is 0.421. The molecule has 0 spiro atoms. The minimum atomic E-state index is -0.382. The molecular formula is C19H22N2O4S2. The average Bonchev–Trinajstić information content (AvgIpc) is 2.98. The fourth-order valence-corrected chi connectivity index (χ4v) is 5.21. The normalized spacial score (nSPS) is 15.9. The van der Waals surface area contributed by atoms with Crippen LogP contribution in [0.4, 0.5) is 5.00 Å². The van der Waals surface area contributed by atoms with Gasteiger partial charge in [0.05, 0.1) is 17.9 Å². The molecule has 1 aliphatic rings. The Hall–Kier alpha value is -2.06. The number of hydrogen-bond acceptors (Lipinski definition) is 6. The zero-order valence-electron chi connectivity index (χ0n) is 15.3. The van der Waals surface area contributed by atoms with Crippen molar-refractivity contribution in [3.05, 3.63) is 45.6 Å². The predicted octanol–water partition coefficient (Wildman–Crippen LogP) is 3.41. The van der Waals surface area contributed by atoms with E-state index in [0.29, 0.717) is 28.1 Å². The van der Waals surface area contributed by atoms with Crippen LogP contribution in [0, 0.1) is 11.1 Å². The maximum atomic E-state index is 12.5. The van der Waals surface area contributed by atoms with Crippen molar-refractivity contribution in [2.75, 3.05) is 17.7 Å². The van der Waals surface area contributed by atoms with Crippen LogP contribution in [0.3, 0.4) is 0 Å². The Morgan fingerprint density at radius 1 is 1.44 bits per heavy atom. The fourth-order valence-electron chi connectivity index (χ4n) is 3.08. The Morgan fingerprint density at radius 2 is 2.26 bits per heavy atom. The topological polar surface area (TPSA) is 82.3 Å². The van der Waals surface area contributed by atoms with Crippen LogP contribution in [0.1, 0.15) is 41.1 Å². The van der Waals surface area contributed by atoms with Crippen LogP contribution in [0.15, 0.2) is 29.4 Å². The van der Waals surface area contributed by atoms with Gasteiger partial charge in [-0.05, 0) is 55.5 Å². The van der Waals surface area contributed by atoms with Gasteiger partial charge in [-0.1, -0.05) is 6.92 Å². The summed E-state index contributed by atoms with van der Waals surface area (Å²) in [5.74, 6) is 0.0259. The minimum Gasteiger partial charge on any atom is -0.618 e. The lowest BCUT2D eigenvalue weighted by atomic mass is 9.88. The van der Waals surface area contributed by atoms with Crippen molar-refractivity contribution < 1.29 is 19.1 Å². The van der Waals surface area contributed by atoms with Crippen LogP contribution in [0.25, 0.3) is 0 Å². The van der Waals surface area contributed by atoms with Gasteiger partial charge < -0.3 is 15.3 Å². The molecule has 27 heavy (non-hydrogen) atoms. The molecule has 1 amide bonds. The van der Waals surface area contributed by atoms with Gasteiger partial charge in [0.2, 0.25) is 5.91 Å². The van der Waals surface area contributed by atoms with Crippen LogP contribution >= 0.6 is 23.1 Å². The number of anilines is 1. The molecule has 0 aromatic carbocycles. The molecule has 2 aromatic heterocycles. The molecule has 6 nitrogen and oxygen atoms in total. The van der Waals surface area contributed by atoms with Crippen molar-refractivity contribution in [1.29, 1.82) is 0 Å². The van der Waals surface area contributed by atoms with Gasteiger partial charge in [0.15, 0.2) is 6.20 Å². The van der Waals surface area contributed by atoms with E-state index in [9.17, 15) is 14.8 Å². The van der Waals surface area contributed by atoms with Gasteiger partial charge in [-0.15, -0.1) is 11.3 Å². The Labute approximate surface area is 166 Å². The number of ether oxygens (including phenoxy) is 1. The first-order valence-corrected chi connectivity index (χ1v) is 10.7. The number of esters is 1. The summed E-state index contributed by atoms with van der Waals surface area (Å²) in [6, 6.07) is 5.06. The average molecular weight is 407 g/mol. The standard InChI is InChI=1S/C19H22N2O4S2/c1-3-25-19(23)17-13-8-7-12(2)10-14(13)27-18(17)20-15(22)11-26-16-6-4-5-9-21(16)24/h4-6,9,12H,3,7-8,10-11H2,1-2H3,(H,20,22). The maximum absolute atomic E-state index is 12.5. The van der Waals surface area contributed by atoms with Crippen molar-refractivity contribution in [3.8, 4) is 0 Å². The molecule has 0 bridgehead atoms. The molecule has 1 unspecified atom stereocenters. The molecule has 1 atom stereocenters. The minimum absolute atomic E-state index is 0.0908. The number of carbonyl (C=O) groups excluding carboxylic acids is 2. The van der Waals surface area contributed by atoms with Gasteiger partial charge in [-0.2, -0.15) is 4.73 Å². The van der Waals surface area contributed by atoms with Crippen LogP contribution in [-0.4, -0.2) is 24.2 Å². The van der Waals surface area contributed by atoms with Crippen LogP contribution in [0.2, 0.25) is 0 Å². The highest BCUT2D eigenvalue weighted by Crippen LogP contribution is 2.40. The first-order chi connectivity index (χ1) is 13.0. The zero-order chi connectivity index (χ0) is 19.4. The van der Waals surface area contributed by atoms with E-state index in [1.807, 2.05) is 0 Å². The summed E-state index contributed by atoms with van der Waals surface area (Å²) in [6.07, 6.45) is 4.16. The number of hydrogen-bond donors (Lipinski definition) is 1. The van der Waals surface area contributed by atoms with Crippen LogP contribution < -0.4 is 10.0 Å². The highest BCUT2D eigenvalue weighted by Gasteiger charge is 2.29. The monoisotopic (exact) mass is 406 g/mol. The molecule has 0 saturated carbocycles. The van der Waals surface area contributed by atoms with Crippen molar-refractivity contribution >= 4 is 40.0 Å². The number of nitrogens with one attached hydrogen (secondary N) is 1. The Bertz CT molecular complexity index is 850. The Morgan fingerprint density at radius 3 is 3.00 bits per heavy atom. The van der Waals surface area contributed by atoms with E-state index in [1.165, 1.54) is 17.5 Å². The molecule has 1 aliphatic carbocycles. The molecule has 2 heterocycles. The van der Waals surface area contributed by atoms with E-state index in [4.69, 9.17) is 4.74 Å². The van der Waals surface area contributed by atoms with E-state index in [2.05, 4.69) is 12.2 Å². The first-order valence-electron chi connectivity index (χ1n) is 8.92. The zero-order valence-corrected chi connectivity index (χ0v) is 17.0. The largest absolute Gasteiger partial charge is 0.618 e. The molecule has 0 aliphatic heterocycles. The summed E-state index contributed by atoms with van der Waals surface area (Å²) in [4.78, 5) is 26.0. The van der Waals surface area contributed by atoms with Crippen molar-refractivity contribution in [2.24, 2.45) is 5.92 Å². The first kappa shape index (κ1) is 19.7. The molecule has 2 aromatic rings. The van der Waals surface area contributed by atoms with Gasteiger partial charge in [0, 0.05) is 17.0 Å². The molecule has 144 valence electrons. The van der Waals surface area contributed by atoms with Gasteiger partial charge in [-0.3, -0.25) is 4.79 Å². The van der Waals surface area contributed by atoms with Crippen molar-refractivity contribution in [1.82, 2.24) is 0 Å². The van der Waals surface area contributed by atoms with E-state index >= 15 is 0 Å². The van der Waals surface area contributed by atoms with Crippen LogP contribution in [-0.2, 0) is 22.4 Å².